The zero-order valence-corrected chi connectivity index (χ0v) is 16.2. The second-order valence-corrected chi connectivity index (χ2v) is 6.78. The lowest BCUT2D eigenvalue weighted by Gasteiger charge is -2.22. The van der Waals surface area contributed by atoms with Crippen LogP contribution in [-0.2, 0) is 25.6 Å². The van der Waals surface area contributed by atoms with Gasteiger partial charge in [-0.05, 0) is 11.6 Å². The van der Waals surface area contributed by atoms with Crippen molar-refractivity contribution in [1.29, 1.82) is 0 Å². The van der Waals surface area contributed by atoms with Gasteiger partial charge in [-0.25, -0.2) is 4.79 Å². The molecule has 0 spiro atoms. The van der Waals surface area contributed by atoms with E-state index in [-0.39, 0.29) is 12.2 Å². The fourth-order valence-corrected chi connectivity index (χ4v) is 2.99. The maximum atomic E-state index is 12.7. The van der Waals surface area contributed by atoms with Crippen molar-refractivity contribution < 1.29 is 29.4 Å². The number of carboxylic acids is 2. The van der Waals surface area contributed by atoms with Crippen LogP contribution in [0, 0.1) is 0 Å². The largest absolute Gasteiger partial charge is 0.481 e. The smallest absolute Gasteiger partial charge is 0.327 e. The Kier molecular flexibility index (Phi) is 7.62. The molecule has 10 nitrogen and oxygen atoms in total. The normalized spacial score (nSPS) is 14.0. The molecular weight excluding hydrogens is 400 g/mol. The first-order valence-electron chi connectivity index (χ1n) is 8.69. The number of carbonyl (C=O) groups is 4. The molecule has 2 rings (SSSR count). The Hall–Kier alpha value is -3.05. The average Bonchev–Trinajstić information content (AvgIpc) is 3.07. The van der Waals surface area contributed by atoms with Crippen LogP contribution >= 0.6 is 12.6 Å². The number of aliphatic carboxylic acids is 2. The van der Waals surface area contributed by atoms with Crippen molar-refractivity contribution in [2.75, 3.05) is 5.75 Å². The molecule has 3 unspecified atom stereocenters. The van der Waals surface area contributed by atoms with Crippen molar-refractivity contribution >= 4 is 47.3 Å². The minimum absolute atomic E-state index is 0.0420. The summed E-state index contributed by atoms with van der Waals surface area (Å²) in [5.41, 5.74) is 7.11. The van der Waals surface area contributed by atoms with Gasteiger partial charge in [0.2, 0.25) is 11.8 Å². The first-order chi connectivity index (χ1) is 13.7. The molecule has 0 aliphatic heterocycles. The Morgan fingerprint density at radius 2 is 1.72 bits per heavy atom. The monoisotopic (exact) mass is 422 g/mol. The van der Waals surface area contributed by atoms with Crippen molar-refractivity contribution in [3.05, 3.63) is 36.0 Å². The number of nitrogens with one attached hydrogen (secondary N) is 3. The number of hydrogen-bond acceptors (Lipinski definition) is 6. The summed E-state index contributed by atoms with van der Waals surface area (Å²) in [5.74, 6) is -4.25. The van der Waals surface area contributed by atoms with Gasteiger partial charge in [0.05, 0.1) is 12.5 Å². The average molecular weight is 422 g/mol. The van der Waals surface area contributed by atoms with Gasteiger partial charge in [-0.15, -0.1) is 0 Å². The fourth-order valence-electron chi connectivity index (χ4n) is 2.75. The molecule has 1 aromatic heterocycles. The highest BCUT2D eigenvalue weighted by Crippen LogP contribution is 2.19. The molecule has 0 saturated heterocycles. The zero-order chi connectivity index (χ0) is 21.6. The molecule has 11 heteroatoms. The number of aromatic amines is 1. The molecule has 3 atom stereocenters. The van der Waals surface area contributed by atoms with E-state index in [1.165, 1.54) is 0 Å². The Morgan fingerprint density at radius 1 is 1.07 bits per heavy atom. The molecular formula is C18H22N4O6S. The van der Waals surface area contributed by atoms with Gasteiger partial charge >= 0.3 is 11.9 Å². The van der Waals surface area contributed by atoms with Gasteiger partial charge in [0.25, 0.3) is 0 Å². The molecule has 0 saturated carbocycles. The highest BCUT2D eigenvalue weighted by Gasteiger charge is 2.28. The molecule has 1 aromatic carbocycles. The molecule has 0 aliphatic rings. The quantitative estimate of drug-likeness (QED) is 0.252. The number of aromatic nitrogens is 1. The number of para-hydroxylation sites is 1. The number of carboxylic acid groups (broad SMARTS) is 2. The summed E-state index contributed by atoms with van der Waals surface area (Å²) >= 11 is 3.90. The summed E-state index contributed by atoms with van der Waals surface area (Å²) in [6, 6.07) is 3.56. The molecule has 0 fully saturated rings. The van der Waals surface area contributed by atoms with Gasteiger partial charge in [-0.1, -0.05) is 18.2 Å². The fraction of sp³-hybridized carbons (Fsp3) is 0.333. The van der Waals surface area contributed by atoms with Crippen LogP contribution in [0.25, 0.3) is 10.9 Å². The van der Waals surface area contributed by atoms with E-state index in [0.29, 0.717) is 5.56 Å². The number of hydrogen-bond donors (Lipinski definition) is 7. The molecule has 7 N–H and O–H groups in total. The van der Waals surface area contributed by atoms with E-state index in [4.69, 9.17) is 15.9 Å². The Balaban J connectivity index is 2.24. The minimum Gasteiger partial charge on any atom is -0.481 e. The number of rotatable bonds is 10. The van der Waals surface area contributed by atoms with Gasteiger partial charge < -0.3 is 31.6 Å². The number of amides is 2. The molecule has 0 radical (unpaired) electrons. The minimum atomic E-state index is -1.36. The second kappa shape index (κ2) is 9.94. The standard InChI is InChI=1S/C18H22N4O6S/c19-11(6-15(23)24)16(25)21-13(17(26)22-14(8-29)18(27)28)5-9-7-20-12-4-2-1-3-10(9)12/h1-4,7,11,13-14,20,29H,5-6,8,19H2,(H,21,25)(H,22,26)(H,23,24)(H,27,28). The molecule has 156 valence electrons. The van der Waals surface area contributed by atoms with E-state index >= 15 is 0 Å². The van der Waals surface area contributed by atoms with Gasteiger partial charge in [0, 0.05) is 29.3 Å². The van der Waals surface area contributed by atoms with E-state index in [1.807, 2.05) is 24.3 Å². The maximum absolute atomic E-state index is 12.7. The SMILES string of the molecule is NC(CC(=O)O)C(=O)NC(Cc1c[nH]c2ccccc12)C(=O)NC(CS)C(=O)O. The number of benzene rings is 1. The lowest BCUT2D eigenvalue weighted by molar-refractivity contribution is -0.142. The number of nitrogens with two attached hydrogens (primary N) is 1. The van der Waals surface area contributed by atoms with Gasteiger partial charge in [-0.2, -0.15) is 12.6 Å². The molecule has 0 bridgehead atoms. The second-order valence-electron chi connectivity index (χ2n) is 6.41. The van der Waals surface area contributed by atoms with Crippen LogP contribution in [-0.4, -0.2) is 62.8 Å². The van der Waals surface area contributed by atoms with E-state index in [1.54, 1.807) is 6.20 Å². The first-order valence-corrected chi connectivity index (χ1v) is 9.33. The predicted octanol–water partition coefficient (Wildman–Crippen LogP) is -0.504. The van der Waals surface area contributed by atoms with Crippen molar-refractivity contribution in [2.45, 2.75) is 31.0 Å². The van der Waals surface area contributed by atoms with Crippen molar-refractivity contribution in [2.24, 2.45) is 5.73 Å². The van der Waals surface area contributed by atoms with Crippen molar-refractivity contribution in [1.82, 2.24) is 15.6 Å². The van der Waals surface area contributed by atoms with Crippen LogP contribution in [0.1, 0.15) is 12.0 Å². The van der Waals surface area contributed by atoms with Crippen LogP contribution in [0.3, 0.4) is 0 Å². The molecule has 29 heavy (non-hydrogen) atoms. The third-order valence-electron chi connectivity index (χ3n) is 4.26. The summed E-state index contributed by atoms with van der Waals surface area (Å²) in [5, 5.41) is 23.5. The molecule has 1 heterocycles. The van der Waals surface area contributed by atoms with Crippen molar-refractivity contribution in [3.8, 4) is 0 Å². The van der Waals surface area contributed by atoms with Crippen molar-refractivity contribution in [3.63, 3.8) is 0 Å². The summed E-state index contributed by atoms with van der Waals surface area (Å²) in [7, 11) is 0. The predicted molar refractivity (Wildman–Crippen MR) is 108 cm³/mol. The van der Waals surface area contributed by atoms with E-state index < -0.39 is 48.3 Å². The lowest BCUT2D eigenvalue weighted by atomic mass is 10.0. The Morgan fingerprint density at radius 3 is 2.34 bits per heavy atom. The van der Waals surface area contributed by atoms with Crippen LogP contribution in [0.15, 0.2) is 30.5 Å². The summed E-state index contributed by atoms with van der Waals surface area (Å²) in [6.07, 6.45) is 1.11. The number of carbonyl (C=O) groups excluding carboxylic acids is 2. The third kappa shape index (κ3) is 5.96. The molecule has 0 aliphatic carbocycles. The van der Waals surface area contributed by atoms with Gasteiger partial charge in [0.15, 0.2) is 0 Å². The molecule has 2 aromatic rings. The summed E-state index contributed by atoms with van der Waals surface area (Å²) < 4.78 is 0. The van der Waals surface area contributed by atoms with Crippen LogP contribution in [0.5, 0.6) is 0 Å². The van der Waals surface area contributed by atoms with Gasteiger partial charge in [0.1, 0.15) is 12.1 Å². The van der Waals surface area contributed by atoms with E-state index in [2.05, 4.69) is 28.2 Å². The van der Waals surface area contributed by atoms with E-state index in [9.17, 15) is 19.2 Å². The number of H-pyrrole nitrogens is 1. The summed E-state index contributed by atoms with van der Waals surface area (Å²) in [6.45, 7) is 0. The van der Waals surface area contributed by atoms with Gasteiger partial charge in [-0.3, -0.25) is 14.4 Å². The molecule has 2 amide bonds. The Labute approximate surface area is 171 Å². The highest BCUT2D eigenvalue weighted by atomic mass is 32.1. The first kappa shape index (κ1) is 22.2. The maximum Gasteiger partial charge on any atom is 0.327 e. The summed E-state index contributed by atoms with van der Waals surface area (Å²) in [4.78, 5) is 49.9. The topological polar surface area (TPSA) is 175 Å². The zero-order valence-electron chi connectivity index (χ0n) is 15.3. The van der Waals surface area contributed by atoms with Crippen LogP contribution in [0.4, 0.5) is 0 Å². The highest BCUT2D eigenvalue weighted by molar-refractivity contribution is 7.80. The van der Waals surface area contributed by atoms with Crippen LogP contribution < -0.4 is 16.4 Å². The number of thiol groups is 1. The van der Waals surface area contributed by atoms with Crippen LogP contribution in [0.2, 0.25) is 0 Å². The third-order valence-corrected chi connectivity index (χ3v) is 4.63. The Bertz CT molecular complexity index is 915. The lowest BCUT2D eigenvalue weighted by Crippen LogP contribution is -2.55. The number of fused-ring (bicyclic) bond motifs is 1. The van der Waals surface area contributed by atoms with E-state index in [0.717, 1.165) is 10.9 Å².